The van der Waals surface area contributed by atoms with E-state index in [-0.39, 0.29) is 12.1 Å². The Kier molecular flexibility index (Phi) is 4.25. The van der Waals surface area contributed by atoms with Gasteiger partial charge in [0.1, 0.15) is 6.61 Å². The van der Waals surface area contributed by atoms with Gasteiger partial charge in [-0.2, -0.15) is 0 Å². The van der Waals surface area contributed by atoms with Crippen molar-refractivity contribution in [3.8, 4) is 0 Å². The van der Waals surface area contributed by atoms with Crippen molar-refractivity contribution in [1.82, 2.24) is 4.90 Å². The maximum atomic E-state index is 12.7. The van der Waals surface area contributed by atoms with Gasteiger partial charge in [0.2, 0.25) is 0 Å². The molecule has 1 heterocycles. The molecule has 1 aromatic carbocycles. The zero-order valence-electron chi connectivity index (χ0n) is 14.2. The van der Waals surface area contributed by atoms with Gasteiger partial charge in [-0.3, -0.25) is 0 Å². The van der Waals surface area contributed by atoms with E-state index in [0.29, 0.717) is 18.4 Å². The molecule has 4 nitrogen and oxygen atoms in total. The van der Waals surface area contributed by atoms with Crippen molar-refractivity contribution in [2.45, 2.75) is 63.2 Å². The van der Waals surface area contributed by atoms with Crippen LogP contribution in [0.5, 0.6) is 0 Å². The van der Waals surface area contributed by atoms with Gasteiger partial charge in [-0.15, -0.1) is 0 Å². The molecule has 4 heteroatoms. The minimum atomic E-state index is -0.556. The lowest BCUT2D eigenvalue weighted by Crippen LogP contribution is -2.59. The third-order valence-corrected chi connectivity index (χ3v) is 6.32. The van der Waals surface area contributed by atoms with Crippen LogP contribution in [0.3, 0.4) is 0 Å². The molecule has 3 fully saturated rings. The maximum absolute atomic E-state index is 12.7. The van der Waals surface area contributed by atoms with E-state index in [1.54, 1.807) is 0 Å². The van der Waals surface area contributed by atoms with Crippen molar-refractivity contribution in [3.05, 3.63) is 35.9 Å². The highest BCUT2D eigenvalue weighted by Gasteiger charge is 2.51. The number of hydrogen-bond donors (Lipinski definition) is 1. The number of likely N-dealkylation sites (tertiary alicyclic amines) is 1. The standard InChI is InChI=1S/C20H27NO3/c22-19(24-14-15-6-2-1-3-7-15)21-11-5-9-17-16-8-4-10-20(23,12-16)13-18(17)21/h1-3,6-7,16-18,23H,4-5,8-14H2/t16-,17-,18-,20+/m1/s1. The summed E-state index contributed by atoms with van der Waals surface area (Å²) in [5.41, 5.74) is 0.456. The second kappa shape index (κ2) is 6.40. The largest absolute Gasteiger partial charge is 0.445 e. The van der Waals surface area contributed by atoms with Crippen LogP contribution in [0.25, 0.3) is 0 Å². The molecular formula is C20H27NO3. The number of hydrogen-bond acceptors (Lipinski definition) is 3. The summed E-state index contributed by atoms with van der Waals surface area (Å²) in [6.45, 7) is 1.08. The first-order valence-electron chi connectivity index (χ1n) is 9.34. The predicted octanol–water partition coefficient (Wildman–Crippen LogP) is 3.73. The van der Waals surface area contributed by atoms with Crippen molar-refractivity contribution in [2.75, 3.05) is 6.54 Å². The van der Waals surface area contributed by atoms with Gasteiger partial charge in [0.05, 0.1) is 5.60 Å². The van der Waals surface area contributed by atoms with E-state index in [1.807, 2.05) is 35.2 Å². The number of benzene rings is 1. The molecule has 24 heavy (non-hydrogen) atoms. The molecule has 2 saturated carbocycles. The smallest absolute Gasteiger partial charge is 0.410 e. The first-order chi connectivity index (χ1) is 11.6. The van der Waals surface area contributed by atoms with Crippen LogP contribution in [0.2, 0.25) is 0 Å². The number of fused-ring (bicyclic) bond motifs is 4. The van der Waals surface area contributed by atoms with Crippen LogP contribution in [0.1, 0.15) is 50.5 Å². The van der Waals surface area contributed by atoms with Gasteiger partial charge < -0.3 is 14.7 Å². The average Bonchev–Trinajstić information content (AvgIpc) is 2.60. The van der Waals surface area contributed by atoms with Crippen LogP contribution in [0.4, 0.5) is 4.79 Å². The van der Waals surface area contributed by atoms with Crippen molar-refractivity contribution < 1.29 is 14.6 Å². The number of amides is 1. The Morgan fingerprint density at radius 2 is 2.04 bits per heavy atom. The molecule has 4 atom stereocenters. The summed E-state index contributed by atoms with van der Waals surface area (Å²) < 4.78 is 5.58. The van der Waals surface area contributed by atoms with E-state index in [1.165, 1.54) is 12.8 Å². The molecule has 4 rings (SSSR count). The summed E-state index contributed by atoms with van der Waals surface area (Å²) in [6, 6.07) is 9.98. The summed E-state index contributed by atoms with van der Waals surface area (Å²) in [5.74, 6) is 1.12. The summed E-state index contributed by atoms with van der Waals surface area (Å²) in [7, 11) is 0. The second-order valence-electron chi connectivity index (χ2n) is 7.89. The molecular weight excluding hydrogens is 302 g/mol. The highest BCUT2D eigenvalue weighted by molar-refractivity contribution is 5.68. The van der Waals surface area contributed by atoms with E-state index >= 15 is 0 Å². The van der Waals surface area contributed by atoms with Crippen LogP contribution in [0, 0.1) is 11.8 Å². The Bertz CT molecular complexity index is 590. The number of carbonyl (C=O) groups is 1. The molecule has 0 radical (unpaired) electrons. The topological polar surface area (TPSA) is 49.8 Å². The Morgan fingerprint density at radius 3 is 2.88 bits per heavy atom. The summed E-state index contributed by atoms with van der Waals surface area (Å²) in [6.07, 6.45) is 6.91. The number of piperidine rings is 1. The molecule has 1 amide bonds. The molecule has 2 aliphatic carbocycles. The number of rotatable bonds is 2. The lowest BCUT2D eigenvalue weighted by atomic mass is 9.60. The Balaban J connectivity index is 1.45. The molecule has 1 aromatic rings. The van der Waals surface area contributed by atoms with Crippen LogP contribution in [-0.4, -0.2) is 34.3 Å². The van der Waals surface area contributed by atoms with Gasteiger partial charge in [0.25, 0.3) is 0 Å². The van der Waals surface area contributed by atoms with E-state index in [0.717, 1.165) is 44.2 Å². The fourth-order valence-corrected chi connectivity index (χ4v) is 5.25. The van der Waals surface area contributed by atoms with Gasteiger partial charge >= 0.3 is 6.09 Å². The van der Waals surface area contributed by atoms with Crippen LogP contribution < -0.4 is 0 Å². The Labute approximate surface area is 143 Å². The fraction of sp³-hybridized carbons (Fsp3) is 0.650. The SMILES string of the molecule is O=C(OCc1ccccc1)N1CCC[C@@H]2[C@@H]3CCC[C@](O)(C3)C[C@H]21. The highest BCUT2D eigenvalue weighted by atomic mass is 16.6. The molecule has 3 aliphatic rings. The lowest BCUT2D eigenvalue weighted by molar-refractivity contribution is -0.112. The van der Waals surface area contributed by atoms with E-state index in [9.17, 15) is 9.90 Å². The highest BCUT2D eigenvalue weighted by Crippen LogP contribution is 2.50. The molecule has 0 aromatic heterocycles. The molecule has 1 aliphatic heterocycles. The summed E-state index contributed by atoms with van der Waals surface area (Å²) in [5, 5.41) is 10.9. The number of carbonyl (C=O) groups excluding carboxylic acids is 1. The number of ether oxygens (including phenoxy) is 1. The molecule has 0 spiro atoms. The molecule has 1 saturated heterocycles. The van der Waals surface area contributed by atoms with E-state index in [4.69, 9.17) is 4.74 Å². The van der Waals surface area contributed by atoms with Crippen LogP contribution in [-0.2, 0) is 11.3 Å². The van der Waals surface area contributed by atoms with E-state index < -0.39 is 5.60 Å². The fourth-order valence-electron chi connectivity index (χ4n) is 5.25. The number of nitrogens with zero attached hydrogens (tertiary/aromatic N) is 1. The van der Waals surface area contributed by atoms with Gasteiger partial charge in [-0.25, -0.2) is 4.79 Å². The third-order valence-electron chi connectivity index (χ3n) is 6.32. The van der Waals surface area contributed by atoms with Crippen molar-refractivity contribution in [1.29, 1.82) is 0 Å². The quantitative estimate of drug-likeness (QED) is 0.899. The third kappa shape index (κ3) is 3.04. The normalized spacial score (nSPS) is 35.2. The van der Waals surface area contributed by atoms with Gasteiger partial charge in [0, 0.05) is 12.6 Å². The monoisotopic (exact) mass is 329 g/mol. The minimum absolute atomic E-state index is 0.158. The van der Waals surface area contributed by atoms with Gasteiger partial charge in [0.15, 0.2) is 0 Å². The lowest BCUT2D eigenvalue weighted by Gasteiger charge is -2.54. The molecule has 1 N–H and O–H groups in total. The summed E-state index contributed by atoms with van der Waals surface area (Å²) >= 11 is 0. The minimum Gasteiger partial charge on any atom is -0.445 e. The Morgan fingerprint density at radius 1 is 1.21 bits per heavy atom. The van der Waals surface area contributed by atoms with Crippen molar-refractivity contribution in [3.63, 3.8) is 0 Å². The molecule has 2 bridgehead atoms. The van der Waals surface area contributed by atoms with Crippen molar-refractivity contribution in [2.24, 2.45) is 11.8 Å². The van der Waals surface area contributed by atoms with E-state index in [2.05, 4.69) is 0 Å². The van der Waals surface area contributed by atoms with Gasteiger partial charge in [-0.1, -0.05) is 36.8 Å². The Hall–Kier alpha value is -1.55. The average molecular weight is 329 g/mol. The molecule has 130 valence electrons. The van der Waals surface area contributed by atoms with Gasteiger partial charge in [-0.05, 0) is 55.9 Å². The second-order valence-corrected chi connectivity index (χ2v) is 7.89. The molecule has 0 unspecified atom stereocenters. The zero-order valence-corrected chi connectivity index (χ0v) is 14.2. The number of aliphatic hydroxyl groups is 1. The predicted molar refractivity (Wildman–Crippen MR) is 91.4 cm³/mol. The van der Waals surface area contributed by atoms with Crippen LogP contribution in [0.15, 0.2) is 30.3 Å². The summed E-state index contributed by atoms with van der Waals surface area (Å²) in [4.78, 5) is 14.6. The van der Waals surface area contributed by atoms with Crippen LogP contribution >= 0.6 is 0 Å². The maximum Gasteiger partial charge on any atom is 0.410 e. The van der Waals surface area contributed by atoms with Crippen molar-refractivity contribution >= 4 is 6.09 Å². The zero-order chi connectivity index (χ0) is 16.6. The first-order valence-corrected chi connectivity index (χ1v) is 9.34. The first kappa shape index (κ1) is 15.9.